The largest absolute Gasteiger partial charge is 0.444 e. The van der Waals surface area contributed by atoms with Gasteiger partial charge in [0, 0.05) is 25.3 Å². The van der Waals surface area contributed by atoms with Crippen LogP contribution < -0.4 is 15.6 Å². The third kappa shape index (κ3) is 6.87. The lowest BCUT2D eigenvalue weighted by molar-refractivity contribution is -0.0184. The summed E-state index contributed by atoms with van der Waals surface area (Å²) in [5, 5.41) is -0.543. The number of carbonyl (C=O) groups excluding carboxylic acids is 2. The summed E-state index contributed by atoms with van der Waals surface area (Å²) in [7, 11) is -3.72. The first-order valence-corrected chi connectivity index (χ1v) is 14.6. The Morgan fingerprint density at radius 3 is 2.41 bits per heavy atom. The molecule has 0 spiro atoms. The maximum atomic E-state index is 14.0. The molecule has 0 saturated carbocycles. The molecule has 3 N–H and O–H groups in total. The Bertz CT molecular complexity index is 1280. The summed E-state index contributed by atoms with van der Waals surface area (Å²) in [6.45, 7) is 9.96. The van der Waals surface area contributed by atoms with E-state index >= 15 is 0 Å². The standard InChI is InChI=1S/C27H38N6O5S/c1-19-6-5-7-22(14-19)33(16-21-9-8-20(15-29-21)25(34)30-28)39(36,37)24-10-12-31(13-11-24)23-17-32(18-23)26(35)38-27(2,3)4/h5-9,14-15,23-24H,10-13,16-18,28H2,1-4H3,(H,30,34). The zero-order valence-corrected chi connectivity index (χ0v) is 23.8. The van der Waals surface area contributed by atoms with Crippen LogP contribution in [0.2, 0.25) is 0 Å². The van der Waals surface area contributed by atoms with Crippen molar-refractivity contribution in [3.63, 3.8) is 0 Å². The second-order valence-electron chi connectivity index (χ2n) is 11.2. The molecular weight excluding hydrogens is 520 g/mol. The molecule has 0 bridgehead atoms. The zero-order valence-electron chi connectivity index (χ0n) is 23.0. The van der Waals surface area contributed by atoms with E-state index in [1.807, 2.05) is 45.9 Å². The summed E-state index contributed by atoms with van der Waals surface area (Å²) in [5.74, 6) is 4.73. The number of benzene rings is 1. The maximum absolute atomic E-state index is 14.0. The third-order valence-corrected chi connectivity index (χ3v) is 9.32. The molecule has 0 atom stereocenters. The lowest BCUT2D eigenvalue weighted by Gasteiger charge is -2.47. The van der Waals surface area contributed by atoms with Crippen LogP contribution in [0.4, 0.5) is 10.5 Å². The number of amides is 2. The summed E-state index contributed by atoms with van der Waals surface area (Å²) in [6, 6.07) is 10.8. The van der Waals surface area contributed by atoms with E-state index < -0.39 is 26.8 Å². The quantitative estimate of drug-likeness (QED) is 0.300. The van der Waals surface area contributed by atoms with E-state index in [4.69, 9.17) is 10.6 Å². The van der Waals surface area contributed by atoms with Crippen LogP contribution >= 0.6 is 0 Å². The number of aryl methyl sites for hydroxylation is 1. The molecule has 0 radical (unpaired) electrons. The smallest absolute Gasteiger partial charge is 0.410 e. The fourth-order valence-electron chi connectivity index (χ4n) is 4.87. The van der Waals surface area contributed by atoms with Crippen molar-refractivity contribution in [1.29, 1.82) is 0 Å². The number of nitrogen functional groups attached to an aromatic ring is 1. The molecule has 2 aliphatic heterocycles. The number of likely N-dealkylation sites (tertiary alicyclic amines) is 2. The van der Waals surface area contributed by atoms with Gasteiger partial charge in [-0.25, -0.2) is 19.1 Å². The van der Waals surface area contributed by atoms with Gasteiger partial charge in [-0.15, -0.1) is 0 Å². The van der Waals surface area contributed by atoms with E-state index in [1.54, 1.807) is 23.1 Å². The number of hydrazine groups is 1. The van der Waals surface area contributed by atoms with Crippen molar-refractivity contribution in [2.45, 2.75) is 64.0 Å². The fraction of sp³-hybridized carbons (Fsp3) is 0.519. The van der Waals surface area contributed by atoms with Crippen molar-refractivity contribution in [2.24, 2.45) is 5.84 Å². The molecule has 12 heteroatoms. The maximum Gasteiger partial charge on any atom is 0.410 e. The number of nitrogens with zero attached hydrogens (tertiary/aromatic N) is 4. The van der Waals surface area contributed by atoms with E-state index in [0.29, 0.717) is 56.0 Å². The summed E-state index contributed by atoms with van der Waals surface area (Å²) >= 11 is 0. The monoisotopic (exact) mass is 558 g/mol. The summed E-state index contributed by atoms with van der Waals surface area (Å²) in [5.41, 5.74) is 3.87. The lowest BCUT2D eigenvalue weighted by atomic mass is 10.0. The van der Waals surface area contributed by atoms with E-state index in [0.717, 1.165) is 5.56 Å². The molecule has 0 unspecified atom stereocenters. The highest BCUT2D eigenvalue weighted by atomic mass is 32.2. The molecule has 2 saturated heterocycles. The second-order valence-corrected chi connectivity index (χ2v) is 13.3. The molecule has 39 heavy (non-hydrogen) atoms. The Morgan fingerprint density at radius 2 is 1.85 bits per heavy atom. The first-order chi connectivity index (χ1) is 18.4. The van der Waals surface area contributed by atoms with Gasteiger partial charge in [-0.2, -0.15) is 0 Å². The number of nitrogens with one attached hydrogen (secondary N) is 1. The Hall–Kier alpha value is -3.22. The predicted octanol–water partition coefficient (Wildman–Crippen LogP) is 2.41. The first kappa shape index (κ1) is 28.8. The number of hydrogen-bond donors (Lipinski definition) is 2. The molecule has 2 aromatic rings. The Labute approximate surface area is 230 Å². The van der Waals surface area contributed by atoms with Crippen molar-refractivity contribution in [1.82, 2.24) is 20.2 Å². The Morgan fingerprint density at radius 1 is 1.15 bits per heavy atom. The van der Waals surface area contributed by atoms with Crippen LogP contribution in [0.15, 0.2) is 42.6 Å². The van der Waals surface area contributed by atoms with Gasteiger partial charge in [0.05, 0.1) is 28.7 Å². The van der Waals surface area contributed by atoms with Gasteiger partial charge in [-0.05, 0) is 83.5 Å². The number of carbonyl (C=O) groups is 2. The summed E-state index contributed by atoms with van der Waals surface area (Å²) in [6.07, 6.45) is 2.07. The van der Waals surface area contributed by atoms with Gasteiger partial charge < -0.3 is 9.64 Å². The normalized spacial score (nSPS) is 17.4. The van der Waals surface area contributed by atoms with Crippen molar-refractivity contribution < 1.29 is 22.7 Å². The van der Waals surface area contributed by atoms with Gasteiger partial charge in [0.15, 0.2) is 0 Å². The average molecular weight is 559 g/mol. The SMILES string of the molecule is Cc1cccc(N(Cc2ccc(C(=O)NN)cn2)S(=O)(=O)C2CCN(C3CN(C(=O)OC(C)(C)C)C3)CC2)c1. The van der Waals surface area contributed by atoms with Gasteiger partial charge in [0.25, 0.3) is 5.91 Å². The number of nitrogens with two attached hydrogens (primary N) is 1. The average Bonchev–Trinajstić information content (AvgIpc) is 2.85. The number of anilines is 1. The molecule has 4 rings (SSSR count). The highest BCUT2D eigenvalue weighted by molar-refractivity contribution is 7.93. The Balaban J connectivity index is 1.43. The van der Waals surface area contributed by atoms with Crippen LogP contribution in [0.3, 0.4) is 0 Å². The summed E-state index contributed by atoms with van der Waals surface area (Å²) in [4.78, 5) is 32.3. The molecule has 11 nitrogen and oxygen atoms in total. The number of rotatable bonds is 7. The molecule has 1 aromatic heterocycles. The molecule has 2 amide bonds. The predicted molar refractivity (Wildman–Crippen MR) is 148 cm³/mol. The molecule has 2 fully saturated rings. The number of piperidine rings is 1. The second kappa shape index (κ2) is 11.5. The molecule has 212 valence electrons. The minimum absolute atomic E-state index is 0.0456. The molecular formula is C27H38N6O5S. The van der Waals surface area contributed by atoms with E-state index in [-0.39, 0.29) is 18.7 Å². The van der Waals surface area contributed by atoms with Gasteiger partial charge in [0.2, 0.25) is 10.0 Å². The number of aromatic nitrogens is 1. The van der Waals surface area contributed by atoms with E-state index in [9.17, 15) is 18.0 Å². The molecule has 1 aromatic carbocycles. The molecule has 2 aliphatic rings. The zero-order chi connectivity index (χ0) is 28.4. The Kier molecular flexibility index (Phi) is 8.48. The van der Waals surface area contributed by atoms with Gasteiger partial charge >= 0.3 is 6.09 Å². The van der Waals surface area contributed by atoms with E-state index in [2.05, 4.69) is 15.3 Å². The minimum atomic E-state index is -3.72. The summed E-state index contributed by atoms with van der Waals surface area (Å²) < 4.78 is 34.8. The minimum Gasteiger partial charge on any atom is -0.444 e. The molecule has 0 aliphatic carbocycles. The van der Waals surface area contributed by atoms with Crippen molar-refractivity contribution in [3.05, 3.63) is 59.4 Å². The van der Waals surface area contributed by atoms with Crippen LogP contribution in [0, 0.1) is 6.92 Å². The number of hydrogen-bond acceptors (Lipinski definition) is 8. The van der Waals surface area contributed by atoms with Crippen molar-refractivity contribution >= 4 is 27.7 Å². The first-order valence-electron chi connectivity index (χ1n) is 13.1. The topological polar surface area (TPSA) is 138 Å². The van der Waals surface area contributed by atoms with E-state index in [1.165, 1.54) is 10.5 Å². The number of pyridine rings is 1. The van der Waals surface area contributed by atoms with Crippen LogP contribution in [0.1, 0.15) is 55.2 Å². The van der Waals surface area contributed by atoms with Crippen molar-refractivity contribution in [2.75, 3.05) is 30.5 Å². The number of ether oxygens (including phenoxy) is 1. The highest BCUT2D eigenvalue weighted by Gasteiger charge is 2.41. The van der Waals surface area contributed by atoms with Crippen LogP contribution in [-0.4, -0.2) is 78.3 Å². The van der Waals surface area contributed by atoms with Gasteiger partial charge in [-0.1, -0.05) is 12.1 Å². The number of sulfonamides is 1. The highest BCUT2D eigenvalue weighted by Crippen LogP contribution is 2.30. The van der Waals surface area contributed by atoms with Crippen LogP contribution in [0.25, 0.3) is 0 Å². The van der Waals surface area contributed by atoms with Gasteiger partial charge in [-0.3, -0.25) is 24.4 Å². The van der Waals surface area contributed by atoms with Crippen LogP contribution in [-0.2, 0) is 21.3 Å². The van der Waals surface area contributed by atoms with Crippen LogP contribution in [0.5, 0.6) is 0 Å². The van der Waals surface area contributed by atoms with Crippen molar-refractivity contribution in [3.8, 4) is 0 Å². The lowest BCUT2D eigenvalue weighted by Crippen LogP contribution is -2.63. The molecule has 3 heterocycles. The fourth-order valence-corrected chi connectivity index (χ4v) is 6.76. The third-order valence-electron chi connectivity index (χ3n) is 7.05. The van der Waals surface area contributed by atoms with Gasteiger partial charge in [0.1, 0.15) is 5.60 Å².